The second-order valence-electron chi connectivity index (χ2n) is 7.55. The zero-order chi connectivity index (χ0) is 20.4. The topological polar surface area (TPSA) is 75.7 Å². The van der Waals surface area contributed by atoms with Gasteiger partial charge in [0.25, 0.3) is 5.91 Å². The Morgan fingerprint density at radius 2 is 1.83 bits per heavy atom. The molecule has 0 unspecified atom stereocenters. The molecule has 2 heterocycles. The highest BCUT2D eigenvalue weighted by Crippen LogP contribution is 2.33. The largest absolute Gasteiger partial charge is 0.495 e. The van der Waals surface area contributed by atoms with Crippen LogP contribution in [-0.4, -0.2) is 38.8 Å². The van der Waals surface area contributed by atoms with E-state index in [1.54, 1.807) is 16.4 Å². The Bertz CT molecular complexity index is 984. The Hall–Kier alpha value is -1.90. The van der Waals surface area contributed by atoms with Gasteiger partial charge >= 0.3 is 0 Å². The van der Waals surface area contributed by atoms with Crippen LogP contribution in [0.2, 0.25) is 0 Å². The summed E-state index contributed by atoms with van der Waals surface area (Å²) < 4.78 is 33.1. The number of nitrogens with one attached hydrogen (secondary N) is 1. The maximum absolute atomic E-state index is 13.1. The van der Waals surface area contributed by atoms with Crippen molar-refractivity contribution >= 4 is 33.0 Å². The summed E-state index contributed by atoms with van der Waals surface area (Å²) in [5.74, 6) is 0.212. The van der Waals surface area contributed by atoms with E-state index >= 15 is 0 Å². The third-order valence-electron chi connectivity index (χ3n) is 5.59. The van der Waals surface area contributed by atoms with Crippen LogP contribution in [0.15, 0.2) is 29.2 Å². The maximum Gasteiger partial charge on any atom is 0.265 e. The van der Waals surface area contributed by atoms with E-state index in [2.05, 4.69) is 5.32 Å². The van der Waals surface area contributed by atoms with Crippen molar-refractivity contribution in [3.63, 3.8) is 0 Å². The van der Waals surface area contributed by atoms with Crippen LogP contribution in [0.3, 0.4) is 0 Å². The third kappa shape index (κ3) is 4.20. The summed E-state index contributed by atoms with van der Waals surface area (Å²) in [5.41, 5.74) is 1.63. The van der Waals surface area contributed by atoms with Crippen LogP contribution in [0.4, 0.5) is 5.69 Å². The van der Waals surface area contributed by atoms with E-state index in [1.165, 1.54) is 35.0 Å². The highest BCUT2D eigenvalue weighted by Gasteiger charge is 2.27. The van der Waals surface area contributed by atoms with Gasteiger partial charge in [-0.3, -0.25) is 4.79 Å². The zero-order valence-electron chi connectivity index (χ0n) is 16.6. The first-order chi connectivity index (χ1) is 14.0. The fourth-order valence-electron chi connectivity index (χ4n) is 4.00. The average molecular weight is 435 g/mol. The predicted octanol–water partition coefficient (Wildman–Crippen LogP) is 4.06. The average Bonchev–Trinajstić information content (AvgIpc) is 3.20. The summed E-state index contributed by atoms with van der Waals surface area (Å²) in [6.07, 6.45) is 7.06. The minimum Gasteiger partial charge on any atom is -0.495 e. The molecule has 1 aliphatic carbocycles. The van der Waals surface area contributed by atoms with Gasteiger partial charge in [0, 0.05) is 18.0 Å². The normalized spacial score (nSPS) is 17.6. The predicted molar refractivity (Wildman–Crippen MR) is 115 cm³/mol. The van der Waals surface area contributed by atoms with E-state index in [0.717, 1.165) is 44.9 Å². The van der Waals surface area contributed by atoms with E-state index < -0.39 is 10.0 Å². The first-order valence-corrected chi connectivity index (χ1v) is 12.4. The lowest BCUT2D eigenvalue weighted by Crippen LogP contribution is -2.32. The van der Waals surface area contributed by atoms with E-state index in [-0.39, 0.29) is 10.8 Å². The first-order valence-electron chi connectivity index (χ1n) is 10.1. The molecule has 156 valence electrons. The lowest BCUT2D eigenvalue weighted by atomic mass is 10.2. The van der Waals surface area contributed by atoms with E-state index in [0.29, 0.717) is 29.4 Å². The SMILES string of the molecule is COc1ccc(S(=O)(=O)N2CCCCCC2)cc1NC(=O)c1cc2c(s1)CCC2. The molecule has 0 atom stereocenters. The van der Waals surface area contributed by atoms with E-state index in [1.807, 2.05) is 6.07 Å². The van der Waals surface area contributed by atoms with Crippen LogP contribution in [0.25, 0.3) is 0 Å². The summed E-state index contributed by atoms with van der Waals surface area (Å²) in [6.45, 7) is 1.08. The van der Waals surface area contributed by atoms with Gasteiger partial charge in [0.15, 0.2) is 0 Å². The van der Waals surface area contributed by atoms with Gasteiger partial charge in [-0.1, -0.05) is 12.8 Å². The lowest BCUT2D eigenvalue weighted by molar-refractivity contribution is 0.103. The number of methoxy groups -OCH3 is 1. The van der Waals surface area contributed by atoms with Crippen LogP contribution in [0.1, 0.15) is 52.2 Å². The molecule has 8 heteroatoms. The van der Waals surface area contributed by atoms with Crippen molar-refractivity contribution in [2.24, 2.45) is 0 Å². The standard InChI is InChI=1S/C21H26N2O4S2/c1-27-18-10-9-16(29(25,26)23-11-4-2-3-5-12-23)14-17(18)22-21(24)20-13-15-7-6-8-19(15)28-20/h9-10,13-14H,2-8,11-12H2,1H3,(H,22,24). The van der Waals surface area contributed by atoms with Crippen molar-refractivity contribution < 1.29 is 17.9 Å². The number of ether oxygens (including phenoxy) is 1. The molecule has 1 aliphatic heterocycles. The molecule has 0 saturated carbocycles. The van der Waals surface area contributed by atoms with Crippen molar-refractivity contribution in [1.29, 1.82) is 0 Å². The van der Waals surface area contributed by atoms with Gasteiger partial charge in [0.1, 0.15) is 5.75 Å². The van der Waals surface area contributed by atoms with Crippen molar-refractivity contribution in [2.45, 2.75) is 49.8 Å². The minimum atomic E-state index is -3.60. The molecular weight excluding hydrogens is 408 g/mol. The number of benzene rings is 1. The van der Waals surface area contributed by atoms with Crippen molar-refractivity contribution in [3.05, 3.63) is 39.6 Å². The van der Waals surface area contributed by atoms with Crippen molar-refractivity contribution in [2.75, 3.05) is 25.5 Å². The molecule has 1 aromatic carbocycles. The highest BCUT2D eigenvalue weighted by atomic mass is 32.2. The maximum atomic E-state index is 13.1. The monoisotopic (exact) mass is 434 g/mol. The van der Waals surface area contributed by atoms with Gasteiger partial charge in [-0.15, -0.1) is 11.3 Å². The Morgan fingerprint density at radius 1 is 1.07 bits per heavy atom. The number of rotatable bonds is 5. The quantitative estimate of drug-likeness (QED) is 0.770. The fraction of sp³-hybridized carbons (Fsp3) is 0.476. The van der Waals surface area contributed by atoms with Gasteiger partial charge in [-0.25, -0.2) is 8.42 Å². The summed E-state index contributed by atoms with van der Waals surface area (Å²) in [4.78, 5) is 14.9. The number of thiophene rings is 1. The number of hydrogen-bond donors (Lipinski definition) is 1. The number of amides is 1. The lowest BCUT2D eigenvalue weighted by Gasteiger charge is -2.21. The second kappa shape index (κ2) is 8.45. The Labute approximate surface area is 175 Å². The summed E-state index contributed by atoms with van der Waals surface area (Å²) in [7, 11) is -2.09. The number of nitrogens with zero attached hydrogens (tertiary/aromatic N) is 1. The Kier molecular flexibility index (Phi) is 5.94. The molecule has 0 radical (unpaired) electrons. The van der Waals surface area contributed by atoms with Gasteiger partial charge in [-0.05, 0) is 61.9 Å². The number of carbonyl (C=O) groups is 1. The number of aryl methyl sites for hydroxylation is 2. The molecule has 2 aliphatic rings. The molecular formula is C21H26N2O4S2. The van der Waals surface area contributed by atoms with Crippen LogP contribution in [-0.2, 0) is 22.9 Å². The fourth-order valence-corrected chi connectivity index (χ4v) is 6.69. The van der Waals surface area contributed by atoms with Crippen LogP contribution in [0.5, 0.6) is 5.75 Å². The first kappa shape index (κ1) is 20.4. The third-order valence-corrected chi connectivity index (χ3v) is 8.72. The number of sulfonamides is 1. The van der Waals surface area contributed by atoms with Crippen molar-refractivity contribution in [1.82, 2.24) is 4.31 Å². The molecule has 1 N–H and O–H groups in total. The molecule has 1 aromatic heterocycles. The van der Waals surface area contributed by atoms with Gasteiger partial charge in [0.2, 0.25) is 10.0 Å². The summed E-state index contributed by atoms with van der Waals surface area (Å²) in [6, 6.07) is 6.62. The van der Waals surface area contributed by atoms with E-state index in [4.69, 9.17) is 4.74 Å². The number of carbonyl (C=O) groups excluding carboxylic acids is 1. The molecule has 1 amide bonds. The smallest absolute Gasteiger partial charge is 0.265 e. The summed E-state index contributed by atoms with van der Waals surface area (Å²) in [5, 5.41) is 2.86. The van der Waals surface area contributed by atoms with Crippen molar-refractivity contribution in [3.8, 4) is 5.75 Å². The number of fused-ring (bicyclic) bond motifs is 1. The molecule has 2 aromatic rings. The van der Waals surface area contributed by atoms with Crippen LogP contribution < -0.4 is 10.1 Å². The van der Waals surface area contributed by atoms with Gasteiger partial charge < -0.3 is 10.1 Å². The minimum absolute atomic E-state index is 0.184. The molecule has 29 heavy (non-hydrogen) atoms. The van der Waals surface area contributed by atoms with Gasteiger partial charge in [0.05, 0.1) is 22.6 Å². The molecule has 1 saturated heterocycles. The zero-order valence-corrected chi connectivity index (χ0v) is 18.2. The molecule has 6 nitrogen and oxygen atoms in total. The van der Waals surface area contributed by atoms with Crippen LogP contribution in [0, 0.1) is 0 Å². The number of hydrogen-bond acceptors (Lipinski definition) is 5. The Morgan fingerprint density at radius 3 is 2.52 bits per heavy atom. The molecule has 0 spiro atoms. The van der Waals surface area contributed by atoms with Gasteiger partial charge in [-0.2, -0.15) is 4.31 Å². The van der Waals surface area contributed by atoms with Crippen LogP contribution >= 0.6 is 11.3 Å². The molecule has 4 rings (SSSR count). The Balaban J connectivity index is 1.60. The number of anilines is 1. The van der Waals surface area contributed by atoms with E-state index in [9.17, 15) is 13.2 Å². The molecule has 1 fully saturated rings. The summed E-state index contributed by atoms with van der Waals surface area (Å²) >= 11 is 1.52. The molecule has 0 bridgehead atoms. The highest BCUT2D eigenvalue weighted by molar-refractivity contribution is 7.89. The second-order valence-corrected chi connectivity index (χ2v) is 10.6.